The molecular formula is C14H21N3O3. The number of pyridine rings is 1. The first-order chi connectivity index (χ1) is 9.30. The highest BCUT2D eigenvalue weighted by molar-refractivity contribution is 5.83. The maximum Gasteiger partial charge on any atom is 0.326 e. The van der Waals surface area contributed by atoms with Gasteiger partial charge in [0.15, 0.2) is 0 Å². The number of nitrogens with one attached hydrogen (secondary N) is 2. The Hall–Kier alpha value is -2.11. The Balaban J connectivity index is 2.41. The average Bonchev–Trinajstić information content (AvgIpc) is 2.35. The van der Waals surface area contributed by atoms with Crippen LogP contribution >= 0.6 is 0 Å². The van der Waals surface area contributed by atoms with Crippen LogP contribution in [0.2, 0.25) is 0 Å². The molecule has 0 aliphatic rings. The molecule has 1 rings (SSSR count). The van der Waals surface area contributed by atoms with Crippen molar-refractivity contribution in [3.8, 4) is 0 Å². The fourth-order valence-corrected chi connectivity index (χ4v) is 1.70. The molecule has 1 unspecified atom stereocenters. The van der Waals surface area contributed by atoms with Crippen LogP contribution in [0.5, 0.6) is 0 Å². The number of hydrogen-bond donors (Lipinski definition) is 3. The van der Waals surface area contributed by atoms with Crippen LogP contribution in [0.4, 0.5) is 4.79 Å². The van der Waals surface area contributed by atoms with Crippen LogP contribution in [-0.4, -0.2) is 34.7 Å². The number of aliphatic carboxylic acids is 1. The number of carbonyl (C=O) groups is 2. The third-order valence-corrected chi connectivity index (χ3v) is 2.84. The number of urea groups is 1. The summed E-state index contributed by atoms with van der Waals surface area (Å²) in [6, 6.07) is 2.34. The zero-order valence-corrected chi connectivity index (χ0v) is 12.0. The molecular weight excluding hydrogens is 258 g/mol. The Morgan fingerprint density at radius 2 is 1.90 bits per heavy atom. The Kier molecular flexibility index (Phi) is 5.49. The molecule has 20 heavy (non-hydrogen) atoms. The summed E-state index contributed by atoms with van der Waals surface area (Å²) in [7, 11) is 0. The van der Waals surface area contributed by atoms with Crippen LogP contribution in [0, 0.1) is 5.41 Å². The normalized spacial score (nSPS) is 12.6. The van der Waals surface area contributed by atoms with Gasteiger partial charge in [-0.15, -0.1) is 0 Å². The van der Waals surface area contributed by atoms with Crippen LogP contribution in [0.1, 0.15) is 26.3 Å². The number of rotatable bonds is 5. The average molecular weight is 279 g/mol. The fourth-order valence-electron chi connectivity index (χ4n) is 1.70. The van der Waals surface area contributed by atoms with Crippen LogP contribution in [-0.2, 0) is 11.2 Å². The summed E-state index contributed by atoms with van der Waals surface area (Å²) in [6.07, 6.45) is 4.05. The minimum atomic E-state index is -1.04. The van der Waals surface area contributed by atoms with Crippen molar-refractivity contribution in [1.82, 2.24) is 15.6 Å². The SMILES string of the molecule is CC(C)(C)C(NC(=O)NCCc1ccncc1)C(=O)O. The van der Waals surface area contributed by atoms with Crippen LogP contribution in [0.25, 0.3) is 0 Å². The molecule has 0 fully saturated rings. The second-order valence-corrected chi connectivity index (χ2v) is 5.64. The largest absolute Gasteiger partial charge is 0.480 e. The first-order valence-electron chi connectivity index (χ1n) is 6.47. The second kappa shape index (κ2) is 6.88. The van der Waals surface area contributed by atoms with E-state index in [9.17, 15) is 9.59 Å². The molecule has 2 amide bonds. The molecule has 0 radical (unpaired) electrons. The molecule has 0 aliphatic carbocycles. The molecule has 0 saturated carbocycles. The van der Waals surface area contributed by atoms with Crippen molar-refractivity contribution in [2.24, 2.45) is 5.41 Å². The molecule has 110 valence electrons. The summed E-state index contributed by atoms with van der Waals surface area (Å²) in [5, 5.41) is 14.2. The van der Waals surface area contributed by atoms with Crippen molar-refractivity contribution < 1.29 is 14.7 Å². The monoisotopic (exact) mass is 279 g/mol. The Morgan fingerprint density at radius 1 is 1.30 bits per heavy atom. The molecule has 0 spiro atoms. The lowest BCUT2D eigenvalue weighted by Gasteiger charge is -2.27. The van der Waals surface area contributed by atoms with Gasteiger partial charge in [-0.1, -0.05) is 20.8 Å². The lowest BCUT2D eigenvalue weighted by molar-refractivity contribution is -0.141. The molecule has 6 heteroatoms. The van der Waals surface area contributed by atoms with Crippen LogP contribution in [0.3, 0.4) is 0 Å². The van der Waals surface area contributed by atoms with E-state index in [0.717, 1.165) is 5.56 Å². The predicted octanol–water partition coefficient (Wildman–Crippen LogP) is 1.42. The highest BCUT2D eigenvalue weighted by Gasteiger charge is 2.32. The van der Waals surface area contributed by atoms with E-state index in [-0.39, 0.29) is 0 Å². The van der Waals surface area contributed by atoms with Gasteiger partial charge in [-0.05, 0) is 29.5 Å². The molecule has 0 aromatic carbocycles. The van der Waals surface area contributed by atoms with Crippen molar-refractivity contribution in [3.05, 3.63) is 30.1 Å². The highest BCUT2D eigenvalue weighted by atomic mass is 16.4. The third kappa shape index (κ3) is 5.26. The fraction of sp³-hybridized carbons (Fsp3) is 0.500. The van der Waals surface area contributed by atoms with Crippen molar-refractivity contribution in [1.29, 1.82) is 0 Å². The quantitative estimate of drug-likeness (QED) is 0.760. The molecule has 1 atom stereocenters. The van der Waals surface area contributed by atoms with Gasteiger partial charge >= 0.3 is 12.0 Å². The molecule has 0 saturated heterocycles. The number of amides is 2. The Morgan fingerprint density at radius 3 is 2.40 bits per heavy atom. The van der Waals surface area contributed by atoms with Gasteiger partial charge in [-0.25, -0.2) is 9.59 Å². The predicted molar refractivity (Wildman–Crippen MR) is 75.4 cm³/mol. The van der Waals surface area contributed by atoms with Crippen LogP contribution < -0.4 is 10.6 Å². The number of nitrogens with zero attached hydrogens (tertiary/aromatic N) is 1. The second-order valence-electron chi connectivity index (χ2n) is 5.64. The van der Waals surface area contributed by atoms with Crippen molar-refractivity contribution in [2.45, 2.75) is 33.2 Å². The molecule has 0 bridgehead atoms. The van der Waals surface area contributed by atoms with Gasteiger partial charge in [0.25, 0.3) is 0 Å². The number of carboxylic acid groups (broad SMARTS) is 1. The van der Waals surface area contributed by atoms with E-state index < -0.39 is 23.5 Å². The summed E-state index contributed by atoms with van der Waals surface area (Å²) < 4.78 is 0. The topological polar surface area (TPSA) is 91.3 Å². The number of hydrogen-bond acceptors (Lipinski definition) is 3. The van der Waals surface area contributed by atoms with Gasteiger partial charge < -0.3 is 15.7 Å². The maximum absolute atomic E-state index is 11.7. The Bertz CT molecular complexity index is 454. The Labute approximate surface area is 118 Å². The van der Waals surface area contributed by atoms with E-state index in [1.807, 2.05) is 12.1 Å². The standard InChI is InChI=1S/C14H21N3O3/c1-14(2,3)11(12(18)19)17-13(20)16-9-6-10-4-7-15-8-5-10/h4-5,7-8,11H,6,9H2,1-3H3,(H,18,19)(H2,16,17,20). The summed E-state index contributed by atoms with van der Waals surface area (Å²) in [5.74, 6) is -1.04. The van der Waals surface area contributed by atoms with E-state index in [1.165, 1.54) is 0 Å². The zero-order chi connectivity index (χ0) is 15.2. The van der Waals surface area contributed by atoms with Gasteiger partial charge in [0.05, 0.1) is 0 Å². The van der Waals surface area contributed by atoms with Gasteiger partial charge in [0.1, 0.15) is 6.04 Å². The number of aromatic nitrogens is 1. The van der Waals surface area contributed by atoms with E-state index in [0.29, 0.717) is 13.0 Å². The van der Waals surface area contributed by atoms with Gasteiger partial charge in [0, 0.05) is 18.9 Å². The van der Waals surface area contributed by atoms with E-state index in [1.54, 1.807) is 33.2 Å². The zero-order valence-electron chi connectivity index (χ0n) is 12.0. The van der Waals surface area contributed by atoms with E-state index in [4.69, 9.17) is 5.11 Å². The van der Waals surface area contributed by atoms with E-state index >= 15 is 0 Å². The molecule has 1 heterocycles. The molecule has 1 aromatic heterocycles. The highest BCUT2D eigenvalue weighted by Crippen LogP contribution is 2.19. The summed E-state index contributed by atoms with van der Waals surface area (Å²) in [5.41, 5.74) is 0.514. The first kappa shape index (κ1) is 15.9. The summed E-state index contributed by atoms with van der Waals surface area (Å²) in [4.78, 5) is 26.7. The van der Waals surface area contributed by atoms with Gasteiger partial charge in [0.2, 0.25) is 0 Å². The minimum Gasteiger partial charge on any atom is -0.480 e. The van der Waals surface area contributed by atoms with Crippen molar-refractivity contribution >= 4 is 12.0 Å². The van der Waals surface area contributed by atoms with Crippen molar-refractivity contribution in [2.75, 3.05) is 6.54 Å². The molecule has 1 aromatic rings. The van der Waals surface area contributed by atoms with Crippen LogP contribution in [0.15, 0.2) is 24.5 Å². The maximum atomic E-state index is 11.7. The van der Waals surface area contributed by atoms with Gasteiger partial charge in [-0.2, -0.15) is 0 Å². The molecule has 6 nitrogen and oxygen atoms in total. The molecule has 0 aliphatic heterocycles. The van der Waals surface area contributed by atoms with Gasteiger partial charge in [-0.3, -0.25) is 4.98 Å². The lowest BCUT2D eigenvalue weighted by atomic mass is 9.87. The third-order valence-electron chi connectivity index (χ3n) is 2.84. The summed E-state index contributed by atoms with van der Waals surface area (Å²) >= 11 is 0. The van der Waals surface area contributed by atoms with Crippen molar-refractivity contribution in [3.63, 3.8) is 0 Å². The lowest BCUT2D eigenvalue weighted by Crippen LogP contribution is -2.52. The summed E-state index contributed by atoms with van der Waals surface area (Å²) in [6.45, 7) is 5.74. The smallest absolute Gasteiger partial charge is 0.326 e. The number of carbonyl (C=O) groups excluding carboxylic acids is 1. The number of carboxylic acids is 1. The first-order valence-corrected chi connectivity index (χ1v) is 6.47. The molecule has 3 N–H and O–H groups in total. The minimum absolute atomic E-state index is 0.437. The van der Waals surface area contributed by atoms with E-state index in [2.05, 4.69) is 15.6 Å².